The summed E-state index contributed by atoms with van der Waals surface area (Å²) in [6.45, 7) is 2.20. The Morgan fingerprint density at radius 1 is 1.50 bits per heavy atom. The molecule has 1 atom stereocenters. The molecule has 0 saturated heterocycles. The van der Waals surface area contributed by atoms with Crippen LogP contribution in [0, 0.1) is 0 Å². The number of hydrogen-bond acceptors (Lipinski definition) is 2. The Kier molecular flexibility index (Phi) is 3.72. The summed E-state index contributed by atoms with van der Waals surface area (Å²) < 4.78 is 16.2. The van der Waals surface area contributed by atoms with Crippen molar-refractivity contribution in [3.05, 3.63) is 29.3 Å². The van der Waals surface area contributed by atoms with Gasteiger partial charge in [-0.2, -0.15) is 0 Å². The lowest BCUT2D eigenvalue weighted by atomic mass is 10.4. The molecule has 0 amide bonds. The molecule has 12 heavy (non-hydrogen) atoms. The smallest absolute Gasteiger partial charge is 0.190 e. The van der Waals surface area contributed by atoms with E-state index in [1.165, 1.54) is 0 Å². The fraction of sp³-hybridized carbons (Fsp3) is 0.250. The molecular formula is C8H9ClO2S. The number of hydrogen-bond donors (Lipinski definition) is 0. The maximum atomic E-state index is 11.3. The van der Waals surface area contributed by atoms with Crippen LogP contribution < -0.4 is 0 Å². The summed E-state index contributed by atoms with van der Waals surface area (Å²) in [4.78, 5) is 0.529. The molecule has 0 bridgehead atoms. The van der Waals surface area contributed by atoms with Crippen molar-refractivity contribution in [2.24, 2.45) is 0 Å². The summed E-state index contributed by atoms with van der Waals surface area (Å²) in [5.41, 5.74) is 0. The van der Waals surface area contributed by atoms with Crippen LogP contribution in [0.5, 0.6) is 0 Å². The summed E-state index contributed by atoms with van der Waals surface area (Å²) in [6, 6.07) is 6.94. The highest BCUT2D eigenvalue weighted by Gasteiger charge is 2.06. The minimum absolute atomic E-state index is 0.415. The van der Waals surface area contributed by atoms with Gasteiger partial charge in [-0.3, -0.25) is 4.18 Å². The van der Waals surface area contributed by atoms with Crippen molar-refractivity contribution in [1.82, 2.24) is 0 Å². The van der Waals surface area contributed by atoms with Crippen molar-refractivity contribution in [2.45, 2.75) is 11.8 Å². The molecule has 0 spiro atoms. The first-order valence-corrected chi connectivity index (χ1v) is 5.00. The lowest BCUT2D eigenvalue weighted by Crippen LogP contribution is -1.97. The lowest BCUT2D eigenvalue weighted by molar-refractivity contribution is 0.371. The third-order valence-electron chi connectivity index (χ3n) is 1.24. The summed E-state index contributed by atoms with van der Waals surface area (Å²) in [6.07, 6.45) is 0. The van der Waals surface area contributed by atoms with Crippen LogP contribution in [0.1, 0.15) is 6.92 Å². The van der Waals surface area contributed by atoms with Gasteiger partial charge in [0.1, 0.15) is 0 Å². The Bertz CT molecular complexity index is 288. The van der Waals surface area contributed by atoms with E-state index in [1.54, 1.807) is 31.2 Å². The van der Waals surface area contributed by atoms with E-state index in [-0.39, 0.29) is 0 Å². The second-order valence-corrected chi connectivity index (χ2v) is 3.62. The first-order chi connectivity index (χ1) is 5.75. The Morgan fingerprint density at radius 2 is 2.17 bits per heavy atom. The molecule has 0 aliphatic heterocycles. The van der Waals surface area contributed by atoms with Crippen molar-refractivity contribution in [3.8, 4) is 0 Å². The SMILES string of the molecule is CCOS(=O)c1ccccc1Cl. The Morgan fingerprint density at radius 3 is 2.75 bits per heavy atom. The summed E-state index contributed by atoms with van der Waals surface area (Å²) in [5.74, 6) is 0. The highest BCUT2D eigenvalue weighted by atomic mass is 35.5. The largest absolute Gasteiger partial charge is 0.287 e. The molecule has 1 aromatic carbocycles. The average Bonchev–Trinajstić information content (AvgIpc) is 2.05. The van der Waals surface area contributed by atoms with Crippen LogP contribution >= 0.6 is 11.6 Å². The van der Waals surface area contributed by atoms with Crippen LogP contribution in [0.15, 0.2) is 29.2 Å². The van der Waals surface area contributed by atoms with E-state index in [2.05, 4.69) is 0 Å². The van der Waals surface area contributed by atoms with Gasteiger partial charge < -0.3 is 0 Å². The van der Waals surface area contributed by atoms with Gasteiger partial charge in [0.2, 0.25) is 0 Å². The Hall–Kier alpha value is -0.380. The number of benzene rings is 1. The molecule has 0 aliphatic rings. The predicted octanol–water partition coefficient (Wildman–Crippen LogP) is 2.40. The molecule has 0 N–H and O–H groups in total. The van der Waals surface area contributed by atoms with Gasteiger partial charge >= 0.3 is 0 Å². The van der Waals surface area contributed by atoms with E-state index in [1.807, 2.05) is 0 Å². The maximum Gasteiger partial charge on any atom is 0.190 e. The van der Waals surface area contributed by atoms with Crippen molar-refractivity contribution >= 4 is 22.7 Å². The topological polar surface area (TPSA) is 26.3 Å². The highest BCUT2D eigenvalue weighted by Crippen LogP contribution is 2.19. The molecule has 0 heterocycles. The fourth-order valence-corrected chi connectivity index (χ4v) is 1.83. The zero-order valence-electron chi connectivity index (χ0n) is 6.62. The van der Waals surface area contributed by atoms with Gasteiger partial charge in [-0.15, -0.1) is 0 Å². The minimum Gasteiger partial charge on any atom is -0.287 e. The molecule has 0 aromatic heterocycles. The summed E-state index contributed by atoms with van der Waals surface area (Å²) >= 11 is 4.35. The normalized spacial score (nSPS) is 12.8. The third-order valence-corrected chi connectivity index (χ3v) is 2.85. The van der Waals surface area contributed by atoms with E-state index in [0.29, 0.717) is 16.5 Å². The van der Waals surface area contributed by atoms with E-state index in [9.17, 15) is 4.21 Å². The molecule has 1 unspecified atom stereocenters. The van der Waals surface area contributed by atoms with Crippen LogP contribution in [0.2, 0.25) is 5.02 Å². The van der Waals surface area contributed by atoms with Crippen molar-refractivity contribution < 1.29 is 8.39 Å². The van der Waals surface area contributed by atoms with Gasteiger partial charge in [0.25, 0.3) is 0 Å². The van der Waals surface area contributed by atoms with Gasteiger partial charge in [-0.05, 0) is 19.1 Å². The summed E-state index contributed by atoms with van der Waals surface area (Å²) in [7, 11) is 0. The third kappa shape index (κ3) is 2.30. The van der Waals surface area contributed by atoms with Crippen LogP contribution in [0.3, 0.4) is 0 Å². The van der Waals surface area contributed by atoms with Crippen LogP contribution in [-0.2, 0) is 15.3 Å². The molecule has 2 nitrogen and oxygen atoms in total. The quantitative estimate of drug-likeness (QED) is 0.756. The molecular weight excluding hydrogens is 196 g/mol. The van der Waals surface area contributed by atoms with Gasteiger partial charge in [-0.1, -0.05) is 23.7 Å². The Labute approximate surface area is 79.2 Å². The molecule has 66 valence electrons. The molecule has 1 rings (SSSR count). The molecule has 4 heteroatoms. The van der Waals surface area contributed by atoms with Crippen molar-refractivity contribution in [1.29, 1.82) is 0 Å². The van der Waals surface area contributed by atoms with Gasteiger partial charge in [0.15, 0.2) is 11.1 Å². The average molecular weight is 205 g/mol. The molecule has 0 saturated carbocycles. The fourth-order valence-electron chi connectivity index (χ4n) is 0.750. The predicted molar refractivity (Wildman–Crippen MR) is 49.5 cm³/mol. The first kappa shape index (κ1) is 9.71. The van der Waals surface area contributed by atoms with Crippen LogP contribution in [0.25, 0.3) is 0 Å². The van der Waals surface area contributed by atoms with E-state index < -0.39 is 11.1 Å². The molecule has 0 aliphatic carbocycles. The second-order valence-electron chi connectivity index (χ2n) is 2.07. The lowest BCUT2D eigenvalue weighted by Gasteiger charge is -2.01. The second kappa shape index (κ2) is 4.60. The Balaban J connectivity index is 2.87. The van der Waals surface area contributed by atoms with Crippen molar-refractivity contribution in [2.75, 3.05) is 6.61 Å². The van der Waals surface area contributed by atoms with Crippen molar-refractivity contribution in [3.63, 3.8) is 0 Å². The maximum absolute atomic E-state index is 11.3. The molecule has 1 aromatic rings. The standard InChI is InChI=1S/C8H9ClO2S/c1-2-11-12(10)8-6-4-3-5-7(8)9/h3-6H,2H2,1H3. The highest BCUT2D eigenvalue weighted by molar-refractivity contribution is 7.80. The van der Waals surface area contributed by atoms with E-state index in [0.717, 1.165) is 0 Å². The molecule has 0 radical (unpaired) electrons. The van der Waals surface area contributed by atoms with Gasteiger partial charge in [-0.25, -0.2) is 4.21 Å². The summed E-state index contributed by atoms with van der Waals surface area (Å²) in [5, 5.41) is 0.476. The number of rotatable bonds is 3. The van der Waals surface area contributed by atoms with Gasteiger partial charge in [0, 0.05) is 0 Å². The zero-order valence-corrected chi connectivity index (χ0v) is 8.19. The van der Waals surface area contributed by atoms with Crippen LogP contribution in [0.4, 0.5) is 0 Å². The van der Waals surface area contributed by atoms with Crippen LogP contribution in [-0.4, -0.2) is 10.8 Å². The monoisotopic (exact) mass is 204 g/mol. The molecule has 0 fully saturated rings. The zero-order chi connectivity index (χ0) is 8.97. The van der Waals surface area contributed by atoms with E-state index in [4.69, 9.17) is 15.8 Å². The number of halogens is 1. The minimum atomic E-state index is -1.43. The first-order valence-electron chi connectivity index (χ1n) is 3.55. The van der Waals surface area contributed by atoms with E-state index >= 15 is 0 Å². The van der Waals surface area contributed by atoms with Gasteiger partial charge in [0.05, 0.1) is 16.5 Å².